The molecule has 5 heteroatoms. The van der Waals surface area contributed by atoms with E-state index in [1.807, 2.05) is 6.92 Å². The number of nitro benzene ring substituents is 1. The van der Waals surface area contributed by atoms with Crippen LogP contribution >= 0.6 is 0 Å². The second-order valence-electron chi connectivity index (χ2n) is 6.06. The third kappa shape index (κ3) is 5.26. The molecule has 19 heavy (non-hydrogen) atoms. The number of aliphatic hydroxyl groups is 1. The molecule has 0 saturated carbocycles. The van der Waals surface area contributed by atoms with Gasteiger partial charge in [0.25, 0.3) is 5.69 Å². The zero-order valence-electron chi connectivity index (χ0n) is 11.9. The fraction of sp³-hybridized carbons (Fsp3) is 0.571. The van der Waals surface area contributed by atoms with Crippen LogP contribution in [0, 0.1) is 22.5 Å². The van der Waals surface area contributed by atoms with E-state index in [0.29, 0.717) is 13.0 Å². The molecule has 0 aliphatic rings. The van der Waals surface area contributed by atoms with Crippen molar-refractivity contribution in [3.63, 3.8) is 0 Å². The summed E-state index contributed by atoms with van der Waals surface area (Å²) >= 11 is 0. The molecule has 106 valence electrons. The predicted octanol–water partition coefficient (Wildman–Crippen LogP) is 3.11. The minimum atomic E-state index is -0.436. The van der Waals surface area contributed by atoms with Gasteiger partial charge in [0.15, 0.2) is 0 Å². The molecule has 0 saturated heterocycles. The van der Waals surface area contributed by atoms with Crippen molar-refractivity contribution in [3.05, 3.63) is 33.9 Å². The molecule has 5 nitrogen and oxygen atoms in total. The molecule has 1 aromatic rings. The number of benzene rings is 1. The molecular weight excluding hydrogens is 244 g/mol. The average Bonchev–Trinajstić information content (AvgIpc) is 2.24. The van der Waals surface area contributed by atoms with Gasteiger partial charge < -0.3 is 10.4 Å². The van der Waals surface area contributed by atoms with Crippen LogP contribution in [0.15, 0.2) is 18.2 Å². The lowest BCUT2D eigenvalue weighted by molar-refractivity contribution is -0.384. The lowest BCUT2D eigenvalue weighted by Gasteiger charge is -2.23. The van der Waals surface area contributed by atoms with E-state index >= 15 is 0 Å². The summed E-state index contributed by atoms with van der Waals surface area (Å²) in [5.41, 5.74) is 1.78. The Labute approximate surface area is 113 Å². The molecule has 0 spiro atoms. The van der Waals surface area contributed by atoms with Gasteiger partial charge in [0.1, 0.15) is 0 Å². The van der Waals surface area contributed by atoms with Gasteiger partial charge in [-0.2, -0.15) is 0 Å². The molecule has 1 unspecified atom stereocenters. The first-order valence-electron chi connectivity index (χ1n) is 6.36. The standard InChI is InChI=1S/C14H22N2O3/c1-10-7-11(16(18)19)5-6-13(10)15-9-12(17)8-14(2,3)4/h5-7,12,15,17H,8-9H2,1-4H3. The summed E-state index contributed by atoms with van der Waals surface area (Å²) in [6.45, 7) is 8.48. The Morgan fingerprint density at radius 1 is 1.42 bits per heavy atom. The van der Waals surface area contributed by atoms with Crippen LogP contribution in [-0.4, -0.2) is 22.7 Å². The van der Waals surface area contributed by atoms with Crippen molar-refractivity contribution < 1.29 is 10.0 Å². The lowest BCUT2D eigenvalue weighted by Crippen LogP contribution is -2.25. The number of rotatable bonds is 5. The van der Waals surface area contributed by atoms with E-state index in [1.165, 1.54) is 12.1 Å². The molecule has 0 aliphatic heterocycles. The van der Waals surface area contributed by atoms with Crippen LogP contribution in [0.5, 0.6) is 0 Å². The van der Waals surface area contributed by atoms with Gasteiger partial charge in [-0.15, -0.1) is 0 Å². The number of aliphatic hydroxyl groups excluding tert-OH is 1. The zero-order valence-corrected chi connectivity index (χ0v) is 11.9. The number of nitrogens with one attached hydrogen (secondary N) is 1. The van der Waals surface area contributed by atoms with Crippen molar-refractivity contribution >= 4 is 11.4 Å². The minimum Gasteiger partial charge on any atom is -0.391 e. The van der Waals surface area contributed by atoms with Crippen molar-refractivity contribution in [1.82, 2.24) is 0 Å². The first-order valence-corrected chi connectivity index (χ1v) is 6.36. The van der Waals surface area contributed by atoms with Gasteiger partial charge in [0.2, 0.25) is 0 Å². The number of anilines is 1. The molecule has 0 bridgehead atoms. The molecule has 0 radical (unpaired) electrons. The highest BCUT2D eigenvalue weighted by atomic mass is 16.6. The normalized spacial score (nSPS) is 13.1. The third-order valence-electron chi connectivity index (χ3n) is 2.80. The summed E-state index contributed by atoms with van der Waals surface area (Å²) in [5.74, 6) is 0. The van der Waals surface area contributed by atoms with Crippen molar-refractivity contribution in [3.8, 4) is 0 Å². The Morgan fingerprint density at radius 3 is 2.53 bits per heavy atom. The highest BCUT2D eigenvalue weighted by molar-refractivity contribution is 5.55. The quantitative estimate of drug-likeness (QED) is 0.634. The number of non-ortho nitro benzene ring substituents is 1. The smallest absolute Gasteiger partial charge is 0.269 e. The highest BCUT2D eigenvalue weighted by Crippen LogP contribution is 2.23. The van der Waals surface area contributed by atoms with Gasteiger partial charge in [-0.3, -0.25) is 10.1 Å². The first-order chi connectivity index (χ1) is 8.69. The molecule has 0 aromatic heterocycles. The number of aryl methyl sites for hydroxylation is 1. The van der Waals surface area contributed by atoms with Crippen LogP contribution in [0.25, 0.3) is 0 Å². The molecule has 0 fully saturated rings. The maximum Gasteiger partial charge on any atom is 0.269 e. The van der Waals surface area contributed by atoms with Crippen molar-refractivity contribution in [2.24, 2.45) is 5.41 Å². The van der Waals surface area contributed by atoms with Gasteiger partial charge in [-0.25, -0.2) is 0 Å². The van der Waals surface area contributed by atoms with Gasteiger partial charge in [-0.1, -0.05) is 20.8 Å². The van der Waals surface area contributed by atoms with E-state index in [4.69, 9.17) is 0 Å². The van der Waals surface area contributed by atoms with Crippen molar-refractivity contribution in [1.29, 1.82) is 0 Å². The van der Waals surface area contributed by atoms with Crippen LogP contribution in [0.2, 0.25) is 0 Å². The topological polar surface area (TPSA) is 75.4 Å². The Hall–Kier alpha value is -1.62. The summed E-state index contributed by atoms with van der Waals surface area (Å²) in [4.78, 5) is 10.2. The highest BCUT2D eigenvalue weighted by Gasteiger charge is 2.16. The van der Waals surface area contributed by atoms with Crippen molar-refractivity contribution in [2.75, 3.05) is 11.9 Å². The SMILES string of the molecule is Cc1cc([N+](=O)[O-])ccc1NCC(O)CC(C)(C)C. The van der Waals surface area contributed by atoms with E-state index in [1.54, 1.807) is 6.07 Å². The maximum absolute atomic E-state index is 10.6. The van der Waals surface area contributed by atoms with Gasteiger partial charge in [0.05, 0.1) is 11.0 Å². The molecule has 0 amide bonds. The maximum atomic E-state index is 10.6. The summed E-state index contributed by atoms with van der Waals surface area (Å²) in [5, 5.41) is 23.7. The van der Waals surface area contributed by atoms with Gasteiger partial charge in [-0.05, 0) is 30.4 Å². The number of hydrogen-bond donors (Lipinski definition) is 2. The largest absolute Gasteiger partial charge is 0.391 e. The van der Waals surface area contributed by atoms with Crippen LogP contribution in [0.4, 0.5) is 11.4 Å². The minimum absolute atomic E-state index is 0.0750. The van der Waals surface area contributed by atoms with Crippen LogP contribution < -0.4 is 5.32 Å². The Kier molecular flexibility index (Phi) is 4.89. The number of nitro groups is 1. The van der Waals surface area contributed by atoms with E-state index in [-0.39, 0.29) is 11.1 Å². The molecule has 2 N–H and O–H groups in total. The van der Waals surface area contributed by atoms with E-state index in [9.17, 15) is 15.2 Å². The molecule has 0 aliphatic carbocycles. The Bertz CT molecular complexity index is 452. The molecular formula is C14H22N2O3. The molecule has 1 rings (SSSR count). The molecule has 0 heterocycles. The van der Waals surface area contributed by atoms with E-state index in [0.717, 1.165) is 11.3 Å². The summed E-state index contributed by atoms with van der Waals surface area (Å²) in [6, 6.07) is 4.67. The van der Waals surface area contributed by atoms with Crippen LogP contribution in [0.1, 0.15) is 32.8 Å². The summed E-state index contributed by atoms with van der Waals surface area (Å²) in [7, 11) is 0. The average molecular weight is 266 g/mol. The summed E-state index contributed by atoms with van der Waals surface area (Å²) < 4.78 is 0. The second kappa shape index (κ2) is 6.02. The second-order valence-corrected chi connectivity index (χ2v) is 6.06. The monoisotopic (exact) mass is 266 g/mol. The predicted molar refractivity (Wildman–Crippen MR) is 76.4 cm³/mol. The van der Waals surface area contributed by atoms with Crippen LogP contribution in [-0.2, 0) is 0 Å². The zero-order chi connectivity index (χ0) is 14.6. The Morgan fingerprint density at radius 2 is 2.05 bits per heavy atom. The number of nitrogens with zero attached hydrogens (tertiary/aromatic N) is 1. The van der Waals surface area contributed by atoms with Crippen molar-refractivity contribution in [2.45, 2.75) is 40.2 Å². The number of hydrogen-bond acceptors (Lipinski definition) is 4. The molecule has 1 atom stereocenters. The third-order valence-corrected chi connectivity index (χ3v) is 2.80. The lowest BCUT2D eigenvalue weighted by atomic mass is 9.89. The van der Waals surface area contributed by atoms with Gasteiger partial charge >= 0.3 is 0 Å². The van der Waals surface area contributed by atoms with Gasteiger partial charge in [0, 0.05) is 24.4 Å². The van der Waals surface area contributed by atoms with E-state index < -0.39 is 11.0 Å². The molecule has 1 aromatic carbocycles. The van der Waals surface area contributed by atoms with Crippen LogP contribution in [0.3, 0.4) is 0 Å². The Balaban J connectivity index is 2.61. The fourth-order valence-corrected chi connectivity index (χ4v) is 1.97. The first kappa shape index (κ1) is 15.4. The summed E-state index contributed by atoms with van der Waals surface area (Å²) in [6.07, 6.45) is 0.265. The van der Waals surface area contributed by atoms with E-state index in [2.05, 4.69) is 26.1 Å². The fourth-order valence-electron chi connectivity index (χ4n) is 1.97.